The molecule has 2 rings (SSSR count). The number of hydrogen-bond donors (Lipinski definition) is 2. The van der Waals surface area contributed by atoms with Crippen LogP contribution in [0, 0.1) is 6.92 Å². The first-order valence-corrected chi connectivity index (χ1v) is 8.31. The number of aryl methyl sites for hydroxylation is 1. The zero-order valence-corrected chi connectivity index (χ0v) is 14.8. The first-order chi connectivity index (χ1) is 11.5. The summed E-state index contributed by atoms with van der Waals surface area (Å²) < 4.78 is 5.88. The summed E-state index contributed by atoms with van der Waals surface area (Å²) in [5, 5.41) is 5.66. The van der Waals surface area contributed by atoms with E-state index in [2.05, 4.69) is 30.5 Å². The Bertz CT molecular complexity index is 683. The predicted octanol–water partition coefficient (Wildman–Crippen LogP) is 4.34. The van der Waals surface area contributed by atoms with Crippen molar-refractivity contribution < 1.29 is 9.53 Å². The van der Waals surface area contributed by atoms with E-state index >= 15 is 0 Å². The van der Waals surface area contributed by atoms with Gasteiger partial charge in [-0.1, -0.05) is 61.9 Å². The fraction of sp³-hybridized carbons (Fsp3) is 0.350. The van der Waals surface area contributed by atoms with Gasteiger partial charge in [0.1, 0.15) is 5.75 Å². The van der Waals surface area contributed by atoms with Crippen molar-refractivity contribution >= 4 is 6.03 Å². The van der Waals surface area contributed by atoms with Gasteiger partial charge in [0, 0.05) is 6.54 Å². The molecule has 4 heteroatoms. The molecule has 0 saturated carbocycles. The van der Waals surface area contributed by atoms with Crippen molar-refractivity contribution in [1.82, 2.24) is 10.6 Å². The van der Waals surface area contributed by atoms with Crippen LogP contribution < -0.4 is 15.4 Å². The van der Waals surface area contributed by atoms with Crippen molar-refractivity contribution in [1.29, 1.82) is 0 Å². The third kappa shape index (κ3) is 5.30. The quantitative estimate of drug-likeness (QED) is 0.776. The van der Waals surface area contributed by atoms with Crippen LogP contribution in [0.15, 0.2) is 48.5 Å². The van der Waals surface area contributed by atoms with Gasteiger partial charge in [-0.2, -0.15) is 0 Å². The van der Waals surface area contributed by atoms with Gasteiger partial charge in [0.05, 0.1) is 0 Å². The lowest BCUT2D eigenvalue weighted by atomic mass is 10.0. The summed E-state index contributed by atoms with van der Waals surface area (Å²) in [5.41, 5.74) is 3.38. The Morgan fingerprint density at radius 3 is 2.54 bits per heavy atom. The van der Waals surface area contributed by atoms with E-state index in [4.69, 9.17) is 4.74 Å². The van der Waals surface area contributed by atoms with Gasteiger partial charge in [0.15, 0.2) is 6.23 Å². The molecule has 1 unspecified atom stereocenters. The van der Waals surface area contributed by atoms with Crippen LogP contribution in [0.4, 0.5) is 4.79 Å². The number of carbonyl (C=O) groups is 1. The third-order valence-corrected chi connectivity index (χ3v) is 3.71. The Kier molecular flexibility index (Phi) is 6.24. The van der Waals surface area contributed by atoms with E-state index in [1.54, 1.807) is 0 Å². The average molecular weight is 326 g/mol. The Labute approximate surface area is 144 Å². The minimum Gasteiger partial charge on any atom is -0.471 e. The highest BCUT2D eigenvalue weighted by Crippen LogP contribution is 2.26. The molecule has 0 spiro atoms. The molecule has 0 heterocycles. The highest BCUT2D eigenvalue weighted by molar-refractivity contribution is 5.74. The molecule has 2 aromatic rings. The Hall–Kier alpha value is -2.49. The molecule has 0 bridgehead atoms. The molecule has 2 N–H and O–H groups in total. The number of benzene rings is 2. The second-order valence-electron chi connectivity index (χ2n) is 6.27. The van der Waals surface area contributed by atoms with Crippen LogP contribution in [-0.2, 0) is 6.54 Å². The molecule has 1 atom stereocenters. The van der Waals surface area contributed by atoms with Gasteiger partial charge in [-0.15, -0.1) is 0 Å². The summed E-state index contributed by atoms with van der Waals surface area (Å²) in [6.07, 6.45) is -0.414. The molecule has 0 aliphatic carbocycles. The molecular formula is C20H26N2O2. The number of hydrogen-bond acceptors (Lipinski definition) is 2. The van der Waals surface area contributed by atoms with E-state index in [-0.39, 0.29) is 6.03 Å². The van der Waals surface area contributed by atoms with Crippen molar-refractivity contribution in [3.63, 3.8) is 0 Å². The van der Waals surface area contributed by atoms with Crippen LogP contribution in [0.2, 0.25) is 0 Å². The molecule has 0 saturated heterocycles. The molecule has 0 aliphatic heterocycles. The topological polar surface area (TPSA) is 50.4 Å². The first kappa shape index (κ1) is 17.9. The van der Waals surface area contributed by atoms with Crippen molar-refractivity contribution in [3.05, 3.63) is 65.2 Å². The maximum atomic E-state index is 12.0. The number of carbonyl (C=O) groups excluding carboxylic acids is 1. The van der Waals surface area contributed by atoms with Crippen LogP contribution in [-0.4, -0.2) is 12.3 Å². The maximum Gasteiger partial charge on any atom is 0.317 e. The van der Waals surface area contributed by atoms with Gasteiger partial charge < -0.3 is 15.4 Å². The van der Waals surface area contributed by atoms with Gasteiger partial charge in [0.2, 0.25) is 0 Å². The average Bonchev–Trinajstić information content (AvgIpc) is 2.53. The molecule has 0 aromatic heterocycles. The SMILES string of the molecule is Cc1cccc(CNC(=O)NC(C)Oc2ccccc2C(C)C)c1. The molecule has 128 valence electrons. The molecule has 2 amide bonds. The van der Waals surface area contributed by atoms with E-state index in [0.29, 0.717) is 12.5 Å². The predicted molar refractivity (Wildman–Crippen MR) is 97.2 cm³/mol. The smallest absolute Gasteiger partial charge is 0.317 e. The van der Waals surface area contributed by atoms with Crippen LogP contribution in [0.25, 0.3) is 0 Å². The van der Waals surface area contributed by atoms with Crippen LogP contribution >= 0.6 is 0 Å². The number of urea groups is 1. The number of rotatable bonds is 6. The number of nitrogens with one attached hydrogen (secondary N) is 2. The summed E-state index contributed by atoms with van der Waals surface area (Å²) in [6.45, 7) is 8.58. The lowest BCUT2D eigenvalue weighted by molar-refractivity contribution is 0.175. The second-order valence-corrected chi connectivity index (χ2v) is 6.27. The summed E-state index contributed by atoms with van der Waals surface area (Å²) in [6, 6.07) is 15.7. The molecule has 2 aromatic carbocycles. The summed E-state index contributed by atoms with van der Waals surface area (Å²) in [5.74, 6) is 1.17. The minimum absolute atomic E-state index is 0.244. The molecule has 0 radical (unpaired) electrons. The third-order valence-electron chi connectivity index (χ3n) is 3.71. The second kappa shape index (κ2) is 8.39. The lowest BCUT2D eigenvalue weighted by Crippen LogP contribution is -2.43. The molecule has 0 aliphatic rings. The molecule has 0 fully saturated rings. The molecular weight excluding hydrogens is 300 g/mol. The van der Waals surface area contributed by atoms with Gasteiger partial charge in [-0.25, -0.2) is 4.79 Å². The fourth-order valence-corrected chi connectivity index (χ4v) is 2.52. The van der Waals surface area contributed by atoms with Gasteiger partial charge in [-0.05, 0) is 37.0 Å². The van der Waals surface area contributed by atoms with Crippen LogP contribution in [0.1, 0.15) is 43.4 Å². The molecule has 24 heavy (non-hydrogen) atoms. The van der Waals surface area contributed by atoms with Gasteiger partial charge in [0.25, 0.3) is 0 Å². The summed E-state index contributed by atoms with van der Waals surface area (Å²) in [7, 11) is 0. The highest BCUT2D eigenvalue weighted by atomic mass is 16.5. The number of amides is 2. The van der Waals surface area contributed by atoms with E-state index in [1.165, 1.54) is 5.56 Å². The van der Waals surface area contributed by atoms with Crippen molar-refractivity contribution in [2.45, 2.75) is 46.4 Å². The first-order valence-electron chi connectivity index (χ1n) is 8.31. The zero-order valence-electron chi connectivity index (χ0n) is 14.8. The van der Waals surface area contributed by atoms with Crippen molar-refractivity contribution in [2.75, 3.05) is 0 Å². The maximum absolute atomic E-state index is 12.0. The normalized spacial score (nSPS) is 11.9. The molecule has 4 nitrogen and oxygen atoms in total. The monoisotopic (exact) mass is 326 g/mol. The van der Waals surface area contributed by atoms with Crippen LogP contribution in [0.5, 0.6) is 5.75 Å². The minimum atomic E-state index is -0.414. The largest absolute Gasteiger partial charge is 0.471 e. The Balaban J connectivity index is 1.86. The van der Waals surface area contributed by atoms with Gasteiger partial charge >= 0.3 is 6.03 Å². The van der Waals surface area contributed by atoms with E-state index in [9.17, 15) is 4.79 Å². The van der Waals surface area contributed by atoms with Crippen molar-refractivity contribution in [2.24, 2.45) is 0 Å². The Morgan fingerprint density at radius 2 is 1.83 bits per heavy atom. The fourth-order valence-electron chi connectivity index (χ4n) is 2.52. The lowest BCUT2D eigenvalue weighted by Gasteiger charge is -2.20. The van der Waals surface area contributed by atoms with Crippen LogP contribution in [0.3, 0.4) is 0 Å². The summed E-state index contributed by atoms with van der Waals surface area (Å²) >= 11 is 0. The standard InChI is InChI=1S/C20H26N2O2/c1-14(2)18-10-5-6-11-19(18)24-16(4)22-20(23)21-13-17-9-7-8-15(3)12-17/h5-12,14,16H,13H2,1-4H3,(H2,21,22,23). The number of para-hydroxylation sites is 1. The highest BCUT2D eigenvalue weighted by Gasteiger charge is 2.12. The van der Waals surface area contributed by atoms with E-state index in [0.717, 1.165) is 16.9 Å². The zero-order chi connectivity index (χ0) is 17.5. The van der Waals surface area contributed by atoms with E-state index in [1.807, 2.05) is 56.3 Å². The van der Waals surface area contributed by atoms with Gasteiger partial charge in [-0.3, -0.25) is 0 Å². The van der Waals surface area contributed by atoms with Crippen molar-refractivity contribution in [3.8, 4) is 5.75 Å². The summed E-state index contributed by atoms with van der Waals surface area (Å²) in [4.78, 5) is 12.0. The van der Waals surface area contributed by atoms with E-state index < -0.39 is 6.23 Å². The Morgan fingerprint density at radius 1 is 1.08 bits per heavy atom. The number of ether oxygens (including phenoxy) is 1.